The monoisotopic (exact) mass is 224 g/mol. The zero-order valence-electron chi connectivity index (χ0n) is 8.73. The standard InChI is InChI=1S/C12H13FO3/c13-11(10-5-6-16-7-10)8-1-3-9(4-2-8)12(14)15/h1-4,10-11H,5-7H2,(H,14,15). The maximum Gasteiger partial charge on any atom is 0.335 e. The minimum absolute atomic E-state index is 0.101. The minimum Gasteiger partial charge on any atom is -0.478 e. The predicted molar refractivity (Wildman–Crippen MR) is 56.2 cm³/mol. The molecule has 0 radical (unpaired) electrons. The van der Waals surface area contributed by atoms with Crippen LogP contribution in [0.1, 0.15) is 28.5 Å². The Morgan fingerprint density at radius 1 is 1.44 bits per heavy atom. The molecule has 0 aromatic heterocycles. The summed E-state index contributed by atoms with van der Waals surface area (Å²) in [6, 6.07) is 5.93. The minimum atomic E-state index is -1.06. The van der Waals surface area contributed by atoms with Crippen molar-refractivity contribution in [1.82, 2.24) is 0 Å². The third kappa shape index (κ3) is 2.22. The van der Waals surface area contributed by atoms with Crippen molar-refractivity contribution in [2.45, 2.75) is 12.6 Å². The van der Waals surface area contributed by atoms with Gasteiger partial charge in [0.2, 0.25) is 0 Å². The molecule has 4 heteroatoms. The van der Waals surface area contributed by atoms with Crippen molar-refractivity contribution in [3.63, 3.8) is 0 Å². The van der Waals surface area contributed by atoms with E-state index in [0.717, 1.165) is 6.42 Å². The van der Waals surface area contributed by atoms with E-state index < -0.39 is 12.1 Å². The maximum atomic E-state index is 13.9. The van der Waals surface area contributed by atoms with E-state index in [-0.39, 0.29) is 11.5 Å². The summed E-state index contributed by atoms with van der Waals surface area (Å²) in [6.45, 7) is 1.06. The van der Waals surface area contributed by atoms with Crippen LogP contribution in [0.4, 0.5) is 4.39 Å². The molecule has 0 saturated carbocycles. The smallest absolute Gasteiger partial charge is 0.335 e. The van der Waals surface area contributed by atoms with Crippen molar-refractivity contribution in [1.29, 1.82) is 0 Å². The maximum absolute atomic E-state index is 13.9. The van der Waals surface area contributed by atoms with Crippen molar-refractivity contribution >= 4 is 5.97 Å². The van der Waals surface area contributed by atoms with Crippen LogP contribution < -0.4 is 0 Å². The molecular weight excluding hydrogens is 211 g/mol. The summed E-state index contributed by atoms with van der Waals surface area (Å²) in [4.78, 5) is 10.6. The van der Waals surface area contributed by atoms with Crippen LogP contribution in [0.5, 0.6) is 0 Å². The van der Waals surface area contributed by atoms with E-state index in [0.29, 0.717) is 18.8 Å². The van der Waals surface area contributed by atoms with Crippen LogP contribution >= 0.6 is 0 Å². The van der Waals surface area contributed by atoms with E-state index in [1.54, 1.807) is 0 Å². The zero-order valence-corrected chi connectivity index (χ0v) is 8.73. The molecule has 1 heterocycles. The lowest BCUT2D eigenvalue weighted by molar-refractivity contribution is 0.0696. The quantitative estimate of drug-likeness (QED) is 0.857. The number of carboxylic acids is 1. The molecule has 1 aliphatic rings. The number of halogens is 1. The van der Waals surface area contributed by atoms with Crippen LogP contribution in [0.25, 0.3) is 0 Å². The topological polar surface area (TPSA) is 46.5 Å². The van der Waals surface area contributed by atoms with Gasteiger partial charge < -0.3 is 9.84 Å². The Morgan fingerprint density at radius 2 is 2.12 bits per heavy atom. The summed E-state index contributed by atoms with van der Waals surface area (Å²) < 4.78 is 19.1. The molecule has 0 spiro atoms. The summed E-state index contributed by atoms with van der Waals surface area (Å²) in [5.74, 6) is -1.10. The number of aromatic carboxylic acids is 1. The number of carbonyl (C=O) groups is 1. The molecule has 16 heavy (non-hydrogen) atoms. The summed E-state index contributed by atoms with van der Waals surface area (Å²) in [7, 11) is 0. The summed E-state index contributed by atoms with van der Waals surface area (Å²) in [5.41, 5.74) is 0.708. The van der Waals surface area contributed by atoms with Crippen molar-refractivity contribution < 1.29 is 19.0 Å². The molecule has 3 nitrogen and oxygen atoms in total. The fourth-order valence-electron chi connectivity index (χ4n) is 1.87. The lowest BCUT2D eigenvalue weighted by atomic mass is 9.96. The first kappa shape index (κ1) is 11.1. The van der Waals surface area contributed by atoms with E-state index in [2.05, 4.69) is 0 Å². The Morgan fingerprint density at radius 3 is 2.62 bits per heavy atom. The molecule has 86 valence electrons. The van der Waals surface area contributed by atoms with Gasteiger partial charge in [-0.3, -0.25) is 0 Å². The molecule has 1 saturated heterocycles. The molecule has 1 N–H and O–H groups in total. The van der Waals surface area contributed by atoms with Gasteiger partial charge in [-0.15, -0.1) is 0 Å². The first-order valence-corrected chi connectivity index (χ1v) is 5.23. The molecule has 0 amide bonds. The largest absolute Gasteiger partial charge is 0.478 e. The highest BCUT2D eigenvalue weighted by molar-refractivity contribution is 5.87. The molecule has 1 fully saturated rings. The van der Waals surface area contributed by atoms with Gasteiger partial charge in [-0.25, -0.2) is 9.18 Å². The second-order valence-corrected chi connectivity index (χ2v) is 3.95. The SMILES string of the molecule is O=C(O)c1ccc(C(F)C2CCOC2)cc1. The van der Waals surface area contributed by atoms with E-state index >= 15 is 0 Å². The summed E-state index contributed by atoms with van der Waals surface area (Å²) in [6.07, 6.45) is -0.340. The molecule has 2 unspecified atom stereocenters. The van der Waals surface area contributed by atoms with Crippen molar-refractivity contribution in [2.75, 3.05) is 13.2 Å². The van der Waals surface area contributed by atoms with Crippen LogP contribution in [0.3, 0.4) is 0 Å². The van der Waals surface area contributed by atoms with Gasteiger partial charge in [0.1, 0.15) is 6.17 Å². The predicted octanol–water partition coefficient (Wildman–Crippen LogP) is 2.43. The van der Waals surface area contributed by atoms with Gasteiger partial charge >= 0.3 is 5.97 Å². The second kappa shape index (κ2) is 4.61. The Bertz CT molecular complexity index is 368. The highest BCUT2D eigenvalue weighted by Crippen LogP contribution is 2.31. The first-order valence-electron chi connectivity index (χ1n) is 5.23. The van der Waals surface area contributed by atoms with Gasteiger partial charge in [-0.1, -0.05) is 12.1 Å². The summed E-state index contributed by atoms with van der Waals surface area (Å²) >= 11 is 0. The Balaban J connectivity index is 2.11. The number of rotatable bonds is 3. The lowest BCUT2D eigenvalue weighted by Crippen LogP contribution is -2.08. The van der Waals surface area contributed by atoms with Gasteiger partial charge in [-0.05, 0) is 24.1 Å². The Kier molecular flexibility index (Phi) is 3.19. The molecule has 1 aromatic rings. The van der Waals surface area contributed by atoms with E-state index in [9.17, 15) is 9.18 Å². The van der Waals surface area contributed by atoms with Crippen LogP contribution in [0.15, 0.2) is 24.3 Å². The summed E-state index contributed by atoms with van der Waals surface area (Å²) in [5, 5.41) is 8.71. The van der Waals surface area contributed by atoms with Gasteiger partial charge in [0, 0.05) is 12.5 Å². The van der Waals surface area contributed by atoms with Crippen molar-refractivity contribution in [3.05, 3.63) is 35.4 Å². The van der Waals surface area contributed by atoms with Crippen molar-refractivity contribution in [3.8, 4) is 0 Å². The molecule has 2 atom stereocenters. The van der Waals surface area contributed by atoms with Crippen molar-refractivity contribution in [2.24, 2.45) is 5.92 Å². The van der Waals surface area contributed by atoms with Crippen LogP contribution in [-0.2, 0) is 4.74 Å². The molecule has 0 aliphatic carbocycles. The molecule has 1 aromatic carbocycles. The fourth-order valence-corrected chi connectivity index (χ4v) is 1.87. The highest BCUT2D eigenvalue weighted by Gasteiger charge is 2.26. The zero-order chi connectivity index (χ0) is 11.5. The molecule has 0 bridgehead atoms. The van der Waals surface area contributed by atoms with Crippen LogP contribution in [0, 0.1) is 5.92 Å². The average molecular weight is 224 g/mol. The average Bonchev–Trinajstić information content (AvgIpc) is 2.81. The lowest BCUT2D eigenvalue weighted by Gasteiger charge is -2.14. The Labute approximate surface area is 92.9 Å². The van der Waals surface area contributed by atoms with Crippen LogP contribution in [0.2, 0.25) is 0 Å². The third-order valence-corrected chi connectivity index (χ3v) is 2.85. The molecule has 1 aliphatic heterocycles. The Hall–Kier alpha value is -1.42. The first-order chi connectivity index (χ1) is 7.68. The number of benzene rings is 1. The number of ether oxygens (including phenoxy) is 1. The highest BCUT2D eigenvalue weighted by atomic mass is 19.1. The van der Waals surface area contributed by atoms with Gasteiger partial charge in [-0.2, -0.15) is 0 Å². The third-order valence-electron chi connectivity index (χ3n) is 2.85. The fraction of sp³-hybridized carbons (Fsp3) is 0.417. The normalized spacial score (nSPS) is 21.9. The van der Waals surface area contributed by atoms with E-state index in [4.69, 9.17) is 9.84 Å². The number of hydrogen-bond acceptors (Lipinski definition) is 2. The molecule has 2 rings (SSSR count). The number of hydrogen-bond donors (Lipinski definition) is 1. The number of carboxylic acid groups (broad SMARTS) is 1. The second-order valence-electron chi connectivity index (χ2n) is 3.95. The van der Waals surface area contributed by atoms with E-state index in [1.807, 2.05) is 0 Å². The molecular formula is C12H13FO3. The van der Waals surface area contributed by atoms with E-state index in [1.165, 1.54) is 24.3 Å². The van der Waals surface area contributed by atoms with Gasteiger partial charge in [0.15, 0.2) is 0 Å². The number of alkyl halides is 1. The van der Waals surface area contributed by atoms with Gasteiger partial charge in [0.05, 0.1) is 12.2 Å². The van der Waals surface area contributed by atoms with Crippen LogP contribution in [-0.4, -0.2) is 24.3 Å². The van der Waals surface area contributed by atoms with Gasteiger partial charge in [0.25, 0.3) is 0 Å².